The second-order valence-electron chi connectivity index (χ2n) is 3.11. The molecule has 0 fully saturated rings. The number of hydrogen-bond acceptors (Lipinski definition) is 2. The quantitative estimate of drug-likeness (QED) is 0.657. The lowest BCUT2D eigenvalue weighted by Gasteiger charge is -1.97. The molecular weight excluding hydrogens is 170 g/mol. The first-order chi connectivity index (χ1) is 5.47. The van der Waals surface area contributed by atoms with Gasteiger partial charge in [0.25, 0.3) is 0 Å². The van der Waals surface area contributed by atoms with Crippen molar-refractivity contribution in [2.24, 2.45) is 4.36 Å². The molecule has 0 aromatic heterocycles. The second-order valence-corrected chi connectivity index (χ2v) is 5.66. The maximum absolute atomic E-state index is 11.3. The monoisotopic (exact) mass is 183 g/mol. The van der Waals surface area contributed by atoms with E-state index in [9.17, 15) is 4.21 Å². The predicted octanol–water partition coefficient (Wildman–Crippen LogP) is 2.35. The van der Waals surface area contributed by atoms with Crippen molar-refractivity contribution in [1.29, 1.82) is 0 Å². The van der Waals surface area contributed by atoms with Gasteiger partial charge in [0.05, 0.1) is 5.69 Å². The van der Waals surface area contributed by atoms with E-state index in [0.717, 1.165) is 11.3 Å². The Labute approximate surface area is 73.8 Å². The van der Waals surface area contributed by atoms with Crippen molar-refractivity contribution in [3.05, 3.63) is 29.8 Å². The zero-order valence-corrected chi connectivity index (χ0v) is 8.39. The van der Waals surface area contributed by atoms with Crippen molar-refractivity contribution in [2.75, 3.05) is 12.5 Å². The van der Waals surface area contributed by atoms with Crippen molar-refractivity contribution >= 4 is 15.4 Å². The highest BCUT2D eigenvalue weighted by atomic mass is 32.2. The van der Waals surface area contributed by atoms with Gasteiger partial charge in [-0.05, 0) is 24.6 Å². The van der Waals surface area contributed by atoms with E-state index >= 15 is 0 Å². The fourth-order valence-electron chi connectivity index (χ4n) is 0.939. The third-order valence-electron chi connectivity index (χ3n) is 1.33. The lowest BCUT2D eigenvalue weighted by molar-refractivity contribution is 0.684. The van der Waals surface area contributed by atoms with Gasteiger partial charge in [0.2, 0.25) is 0 Å². The van der Waals surface area contributed by atoms with Crippen LogP contribution in [0.15, 0.2) is 28.6 Å². The van der Waals surface area contributed by atoms with Gasteiger partial charge in [0.1, 0.15) is 0 Å². The molecule has 1 rings (SSSR count). The summed E-state index contributed by atoms with van der Waals surface area (Å²) in [5.74, 6) is 0. The summed E-state index contributed by atoms with van der Waals surface area (Å²) in [4.78, 5) is 0. The molecule has 0 radical (unpaired) electrons. The van der Waals surface area contributed by atoms with E-state index in [4.69, 9.17) is 0 Å². The van der Waals surface area contributed by atoms with Crippen LogP contribution in [-0.2, 0) is 9.73 Å². The molecule has 1 aromatic carbocycles. The Balaban J connectivity index is 3.15. The Hall–Kier alpha value is -0.830. The molecule has 0 atom stereocenters. The van der Waals surface area contributed by atoms with Gasteiger partial charge in [-0.3, -0.25) is 0 Å². The Kier molecular flexibility index (Phi) is 2.52. The summed E-state index contributed by atoms with van der Waals surface area (Å²) < 4.78 is 15.4. The Morgan fingerprint density at radius 1 is 1.33 bits per heavy atom. The van der Waals surface area contributed by atoms with Gasteiger partial charge in [-0.25, -0.2) is 4.21 Å². The Morgan fingerprint density at radius 2 is 2.00 bits per heavy atom. The third kappa shape index (κ3) is 3.05. The van der Waals surface area contributed by atoms with E-state index < -0.39 is 9.73 Å². The van der Waals surface area contributed by atoms with Crippen molar-refractivity contribution in [1.82, 2.24) is 0 Å². The zero-order valence-electron chi connectivity index (χ0n) is 7.57. The van der Waals surface area contributed by atoms with E-state index in [1.54, 1.807) is 12.5 Å². The van der Waals surface area contributed by atoms with Crippen molar-refractivity contribution < 1.29 is 4.21 Å². The van der Waals surface area contributed by atoms with Crippen LogP contribution < -0.4 is 0 Å². The molecule has 0 N–H and O–H groups in total. The number of hydrogen-bond donors (Lipinski definition) is 0. The van der Waals surface area contributed by atoms with Crippen LogP contribution >= 0.6 is 0 Å². The highest BCUT2D eigenvalue weighted by Gasteiger charge is 1.92. The van der Waals surface area contributed by atoms with Gasteiger partial charge in [-0.15, -0.1) is 0 Å². The highest BCUT2D eigenvalue weighted by molar-refractivity contribution is 7.92. The molecule has 0 saturated carbocycles. The molecule has 66 valence electrons. The minimum Gasteiger partial charge on any atom is -0.250 e. The van der Waals surface area contributed by atoms with Gasteiger partial charge in [0.15, 0.2) is 0 Å². The summed E-state index contributed by atoms with van der Waals surface area (Å²) in [7, 11) is -2.02. The Bertz CT molecular complexity index is 381. The largest absolute Gasteiger partial charge is 0.250 e. The second kappa shape index (κ2) is 3.27. The van der Waals surface area contributed by atoms with E-state index in [1.807, 2.05) is 31.2 Å². The number of aryl methyl sites for hydroxylation is 1. The predicted molar refractivity (Wildman–Crippen MR) is 53.3 cm³/mol. The molecule has 0 aliphatic rings. The van der Waals surface area contributed by atoms with Crippen LogP contribution in [0.3, 0.4) is 0 Å². The maximum Gasteiger partial charge on any atom is 0.0732 e. The average molecular weight is 183 g/mol. The van der Waals surface area contributed by atoms with Crippen LogP contribution in [0, 0.1) is 6.92 Å². The molecule has 0 saturated heterocycles. The van der Waals surface area contributed by atoms with Gasteiger partial charge in [-0.1, -0.05) is 12.1 Å². The first-order valence-corrected chi connectivity index (χ1v) is 6.04. The van der Waals surface area contributed by atoms with Crippen LogP contribution in [0.5, 0.6) is 0 Å². The molecule has 2 nitrogen and oxygen atoms in total. The Morgan fingerprint density at radius 3 is 2.50 bits per heavy atom. The summed E-state index contributed by atoms with van der Waals surface area (Å²) in [6, 6.07) is 7.69. The molecule has 1 aromatic rings. The van der Waals surface area contributed by atoms with Crippen molar-refractivity contribution in [2.45, 2.75) is 6.92 Å². The van der Waals surface area contributed by atoms with E-state index in [1.165, 1.54) is 0 Å². The van der Waals surface area contributed by atoms with Gasteiger partial charge in [0, 0.05) is 22.2 Å². The molecule has 0 aliphatic heterocycles. The highest BCUT2D eigenvalue weighted by Crippen LogP contribution is 2.14. The minimum absolute atomic E-state index is 0.796. The smallest absolute Gasteiger partial charge is 0.0732 e. The maximum atomic E-state index is 11.3. The third-order valence-corrected chi connectivity index (χ3v) is 1.98. The number of benzene rings is 1. The molecule has 12 heavy (non-hydrogen) atoms. The molecule has 0 spiro atoms. The lowest BCUT2D eigenvalue weighted by Crippen LogP contribution is -1.88. The fourth-order valence-corrected chi connectivity index (χ4v) is 1.56. The van der Waals surface area contributed by atoms with Crippen LogP contribution in [0.1, 0.15) is 5.56 Å². The molecule has 0 heterocycles. The zero-order chi connectivity index (χ0) is 9.19. The SMILES string of the molecule is Cc1cccc(N=S(C)(C)=O)c1. The molecule has 0 amide bonds. The molecule has 3 heteroatoms. The fraction of sp³-hybridized carbons (Fsp3) is 0.333. The van der Waals surface area contributed by atoms with E-state index in [0.29, 0.717) is 0 Å². The van der Waals surface area contributed by atoms with Crippen molar-refractivity contribution in [3.8, 4) is 0 Å². The summed E-state index contributed by atoms with van der Waals surface area (Å²) in [5.41, 5.74) is 1.94. The first-order valence-electron chi connectivity index (χ1n) is 3.71. The standard InChI is InChI=1S/C9H13NOS/c1-8-5-4-6-9(7-8)10-12(2,3)11/h4-7H,1-3H3. The van der Waals surface area contributed by atoms with Gasteiger partial charge >= 0.3 is 0 Å². The number of nitrogens with zero attached hydrogens (tertiary/aromatic N) is 1. The van der Waals surface area contributed by atoms with E-state index in [-0.39, 0.29) is 0 Å². The minimum atomic E-state index is -2.02. The molecular formula is C9H13NOS. The number of rotatable bonds is 1. The van der Waals surface area contributed by atoms with Crippen LogP contribution in [0.25, 0.3) is 0 Å². The molecule has 0 aliphatic carbocycles. The summed E-state index contributed by atoms with van der Waals surface area (Å²) in [6.07, 6.45) is 3.27. The van der Waals surface area contributed by atoms with Crippen LogP contribution in [-0.4, -0.2) is 16.7 Å². The normalized spacial score (nSPS) is 11.2. The molecule has 0 unspecified atom stereocenters. The van der Waals surface area contributed by atoms with Gasteiger partial charge < -0.3 is 0 Å². The first kappa shape index (κ1) is 9.26. The average Bonchev–Trinajstić information content (AvgIpc) is 1.82. The van der Waals surface area contributed by atoms with E-state index in [2.05, 4.69) is 4.36 Å². The van der Waals surface area contributed by atoms with Crippen LogP contribution in [0.4, 0.5) is 5.69 Å². The summed E-state index contributed by atoms with van der Waals surface area (Å²) in [6.45, 7) is 1.99. The van der Waals surface area contributed by atoms with Gasteiger partial charge in [-0.2, -0.15) is 4.36 Å². The molecule has 0 bridgehead atoms. The summed E-state index contributed by atoms with van der Waals surface area (Å²) >= 11 is 0. The van der Waals surface area contributed by atoms with Crippen molar-refractivity contribution in [3.63, 3.8) is 0 Å². The summed E-state index contributed by atoms with van der Waals surface area (Å²) in [5, 5.41) is 0. The lowest BCUT2D eigenvalue weighted by atomic mass is 10.2. The van der Waals surface area contributed by atoms with Crippen LogP contribution in [0.2, 0.25) is 0 Å². The topological polar surface area (TPSA) is 29.4 Å².